The van der Waals surface area contributed by atoms with Crippen molar-refractivity contribution >= 4 is 38.6 Å². The van der Waals surface area contributed by atoms with Crippen LogP contribution in [0.25, 0.3) is 11.0 Å². The van der Waals surface area contributed by atoms with Crippen LogP contribution in [0.4, 0.5) is 0 Å². The first-order valence-corrected chi connectivity index (χ1v) is 11.6. The van der Waals surface area contributed by atoms with Crippen molar-refractivity contribution in [1.29, 1.82) is 0 Å². The molecule has 4 rings (SSSR count). The summed E-state index contributed by atoms with van der Waals surface area (Å²) in [5.41, 5.74) is 1.78. The Hall–Kier alpha value is -2.42. The van der Waals surface area contributed by atoms with Crippen molar-refractivity contribution in [2.75, 3.05) is 20.1 Å². The van der Waals surface area contributed by atoms with E-state index in [1.54, 1.807) is 24.1 Å². The number of carbonyl (C=O) groups excluding carboxylic acids is 1. The minimum Gasteiger partial charge on any atom is -0.340 e. The average molecular weight is 447 g/mol. The third-order valence-corrected chi connectivity index (χ3v) is 7.52. The van der Waals surface area contributed by atoms with Gasteiger partial charge in [-0.2, -0.15) is 4.31 Å². The van der Waals surface area contributed by atoms with E-state index in [0.29, 0.717) is 36.8 Å². The van der Waals surface area contributed by atoms with Crippen LogP contribution in [0.3, 0.4) is 0 Å². The number of amides is 1. The fraction of sp³-hybridized carbons (Fsp3) is 0.333. The van der Waals surface area contributed by atoms with Crippen LogP contribution in [-0.4, -0.2) is 53.6 Å². The Morgan fingerprint density at radius 3 is 2.70 bits per heavy atom. The third-order valence-electron chi connectivity index (χ3n) is 5.39. The molecule has 0 aliphatic carbocycles. The summed E-state index contributed by atoms with van der Waals surface area (Å²) in [6, 6.07) is 13.8. The topological polar surface area (TPSA) is 86.4 Å². The van der Waals surface area contributed by atoms with Crippen LogP contribution in [0.15, 0.2) is 53.4 Å². The lowest BCUT2D eigenvalue weighted by Crippen LogP contribution is -2.45. The lowest BCUT2D eigenvalue weighted by atomic mass is 9.98. The Bertz CT molecular complexity index is 1130. The number of halogens is 1. The fourth-order valence-electron chi connectivity index (χ4n) is 3.81. The number of rotatable bonds is 5. The maximum Gasteiger partial charge on any atom is 0.243 e. The van der Waals surface area contributed by atoms with Gasteiger partial charge in [-0.1, -0.05) is 23.7 Å². The molecule has 1 fully saturated rings. The molecule has 1 aromatic heterocycles. The molecule has 1 saturated heterocycles. The number of fused-ring (bicyclic) bond motifs is 1. The van der Waals surface area contributed by atoms with Crippen LogP contribution in [-0.2, 0) is 21.4 Å². The van der Waals surface area contributed by atoms with Gasteiger partial charge in [0.15, 0.2) is 0 Å². The Balaban J connectivity index is 1.45. The number of para-hydroxylation sites is 2. The molecule has 1 unspecified atom stereocenters. The molecule has 30 heavy (non-hydrogen) atoms. The number of sulfonamides is 1. The fourth-order valence-corrected chi connectivity index (χ4v) is 5.46. The van der Waals surface area contributed by atoms with Gasteiger partial charge in [0.05, 0.1) is 28.4 Å². The zero-order chi connectivity index (χ0) is 21.3. The molecule has 0 bridgehead atoms. The summed E-state index contributed by atoms with van der Waals surface area (Å²) in [6.07, 6.45) is 1.30. The van der Waals surface area contributed by atoms with Crippen molar-refractivity contribution in [3.63, 3.8) is 0 Å². The zero-order valence-electron chi connectivity index (χ0n) is 16.6. The number of imidazole rings is 1. The number of aromatic nitrogens is 2. The highest BCUT2D eigenvalue weighted by Crippen LogP contribution is 2.26. The monoisotopic (exact) mass is 446 g/mol. The van der Waals surface area contributed by atoms with E-state index in [1.807, 2.05) is 24.3 Å². The van der Waals surface area contributed by atoms with Gasteiger partial charge in [0.1, 0.15) is 5.82 Å². The van der Waals surface area contributed by atoms with E-state index >= 15 is 0 Å². The van der Waals surface area contributed by atoms with Gasteiger partial charge in [-0.05, 0) is 49.2 Å². The molecule has 2 aromatic carbocycles. The number of aromatic amines is 1. The van der Waals surface area contributed by atoms with Crippen LogP contribution < -0.4 is 0 Å². The van der Waals surface area contributed by atoms with Crippen molar-refractivity contribution in [2.45, 2.75) is 24.3 Å². The normalized spacial score (nSPS) is 17.9. The molecule has 0 saturated carbocycles. The highest BCUT2D eigenvalue weighted by molar-refractivity contribution is 7.89. The smallest absolute Gasteiger partial charge is 0.243 e. The second-order valence-corrected chi connectivity index (χ2v) is 9.93. The largest absolute Gasteiger partial charge is 0.340 e. The first-order chi connectivity index (χ1) is 14.3. The van der Waals surface area contributed by atoms with Crippen LogP contribution >= 0.6 is 11.6 Å². The number of hydrogen-bond donors (Lipinski definition) is 1. The summed E-state index contributed by atoms with van der Waals surface area (Å²) >= 11 is 5.87. The van der Waals surface area contributed by atoms with E-state index in [4.69, 9.17) is 11.6 Å². The van der Waals surface area contributed by atoms with Gasteiger partial charge in [-0.25, -0.2) is 13.4 Å². The predicted octanol–water partition coefficient (Wildman–Crippen LogP) is 3.28. The lowest BCUT2D eigenvalue weighted by molar-refractivity contribution is -0.136. The van der Waals surface area contributed by atoms with Gasteiger partial charge in [0, 0.05) is 25.2 Å². The minimum atomic E-state index is -3.66. The molecule has 0 spiro atoms. The number of piperidine rings is 1. The molecular formula is C21H23ClN4O3S. The van der Waals surface area contributed by atoms with E-state index in [2.05, 4.69) is 9.97 Å². The summed E-state index contributed by atoms with van der Waals surface area (Å²) < 4.78 is 27.3. The number of H-pyrrole nitrogens is 1. The maximum absolute atomic E-state index is 13.0. The summed E-state index contributed by atoms with van der Waals surface area (Å²) in [6.45, 7) is 0.921. The Kier molecular flexibility index (Phi) is 5.81. The third kappa shape index (κ3) is 4.21. The highest BCUT2D eigenvalue weighted by atomic mass is 35.5. The van der Waals surface area contributed by atoms with Gasteiger partial charge < -0.3 is 9.88 Å². The minimum absolute atomic E-state index is 0.0773. The Morgan fingerprint density at radius 1 is 1.23 bits per heavy atom. The molecule has 1 amide bonds. The van der Waals surface area contributed by atoms with Crippen molar-refractivity contribution in [3.05, 3.63) is 59.4 Å². The van der Waals surface area contributed by atoms with E-state index < -0.39 is 10.0 Å². The van der Waals surface area contributed by atoms with Gasteiger partial charge in [0.2, 0.25) is 15.9 Å². The van der Waals surface area contributed by atoms with E-state index in [1.165, 1.54) is 16.4 Å². The molecule has 3 aromatic rings. The first-order valence-electron chi connectivity index (χ1n) is 9.79. The van der Waals surface area contributed by atoms with Crippen LogP contribution in [0, 0.1) is 5.92 Å². The molecule has 9 heteroatoms. The van der Waals surface area contributed by atoms with Gasteiger partial charge >= 0.3 is 0 Å². The summed E-state index contributed by atoms with van der Waals surface area (Å²) in [5.74, 6) is 0.246. The van der Waals surface area contributed by atoms with E-state index in [0.717, 1.165) is 11.0 Å². The molecule has 1 aliphatic heterocycles. The van der Waals surface area contributed by atoms with Gasteiger partial charge in [-0.15, -0.1) is 0 Å². The maximum atomic E-state index is 13.0. The van der Waals surface area contributed by atoms with Crippen LogP contribution in [0.5, 0.6) is 0 Å². The molecular weight excluding hydrogens is 424 g/mol. The van der Waals surface area contributed by atoms with Gasteiger partial charge in [0.25, 0.3) is 0 Å². The van der Waals surface area contributed by atoms with Crippen LogP contribution in [0.1, 0.15) is 18.7 Å². The number of hydrogen-bond acceptors (Lipinski definition) is 4. The summed E-state index contributed by atoms with van der Waals surface area (Å²) in [7, 11) is -1.94. The Morgan fingerprint density at radius 2 is 1.97 bits per heavy atom. The first kappa shape index (κ1) is 20.8. The van der Waals surface area contributed by atoms with Crippen molar-refractivity contribution in [3.8, 4) is 0 Å². The summed E-state index contributed by atoms with van der Waals surface area (Å²) in [4.78, 5) is 22.6. The van der Waals surface area contributed by atoms with E-state index in [-0.39, 0.29) is 23.3 Å². The van der Waals surface area contributed by atoms with Crippen molar-refractivity contribution in [1.82, 2.24) is 19.2 Å². The van der Waals surface area contributed by atoms with Crippen molar-refractivity contribution in [2.24, 2.45) is 5.92 Å². The number of nitrogens with one attached hydrogen (secondary N) is 1. The van der Waals surface area contributed by atoms with Crippen LogP contribution in [0.2, 0.25) is 5.02 Å². The van der Waals surface area contributed by atoms with E-state index in [9.17, 15) is 13.2 Å². The second kappa shape index (κ2) is 8.37. The number of benzene rings is 2. The number of carbonyl (C=O) groups is 1. The average Bonchev–Trinajstić information content (AvgIpc) is 3.16. The molecule has 0 radical (unpaired) electrons. The molecule has 1 N–H and O–H groups in total. The predicted molar refractivity (Wildman–Crippen MR) is 116 cm³/mol. The summed E-state index contributed by atoms with van der Waals surface area (Å²) in [5, 5.41) is 0.480. The highest BCUT2D eigenvalue weighted by Gasteiger charge is 2.34. The zero-order valence-corrected chi connectivity index (χ0v) is 18.2. The van der Waals surface area contributed by atoms with Crippen molar-refractivity contribution < 1.29 is 13.2 Å². The molecule has 1 aliphatic rings. The number of nitrogens with zero attached hydrogens (tertiary/aromatic N) is 3. The lowest BCUT2D eigenvalue weighted by Gasteiger charge is -2.33. The molecule has 158 valence electrons. The second-order valence-electron chi connectivity index (χ2n) is 7.55. The molecule has 1 atom stereocenters. The molecule has 2 heterocycles. The standard InChI is InChI=1S/C21H23ClN4O3S/c1-25(14-20-23-18-6-2-3-7-19(18)24-20)21(27)15-5-4-12-26(13-15)30(28,29)17-10-8-16(22)9-11-17/h2-3,6-11,15H,4-5,12-14H2,1H3,(H,23,24). The van der Waals surface area contributed by atoms with Gasteiger partial charge in [-0.3, -0.25) is 4.79 Å². The SMILES string of the molecule is CN(Cc1nc2ccccc2[nH]1)C(=O)C1CCCN(S(=O)(=O)c2ccc(Cl)cc2)C1. The molecule has 7 nitrogen and oxygen atoms in total. The Labute approximate surface area is 180 Å². The quantitative estimate of drug-likeness (QED) is 0.651.